The molecule has 3 heterocycles. The predicted octanol–water partition coefficient (Wildman–Crippen LogP) is 1.97. The highest BCUT2D eigenvalue weighted by atomic mass is 32.1. The summed E-state index contributed by atoms with van der Waals surface area (Å²) in [4.78, 5) is 35.7. The number of hydrogen-bond donors (Lipinski definition) is 1. The molecule has 2 N–H and O–H groups in total. The molecule has 0 bridgehead atoms. The molecule has 3 rings (SSSR count). The van der Waals surface area contributed by atoms with Crippen molar-refractivity contribution in [3.8, 4) is 0 Å². The lowest BCUT2D eigenvalue weighted by molar-refractivity contribution is 0.100. The van der Waals surface area contributed by atoms with Crippen LogP contribution in [-0.4, -0.2) is 34.5 Å². The lowest BCUT2D eigenvalue weighted by Crippen LogP contribution is -2.20. The lowest BCUT2D eigenvalue weighted by Gasteiger charge is -2.16. The summed E-state index contributed by atoms with van der Waals surface area (Å²) in [6, 6.07) is 0. The van der Waals surface area contributed by atoms with E-state index in [0.717, 1.165) is 12.8 Å². The van der Waals surface area contributed by atoms with Crippen LogP contribution in [0.1, 0.15) is 30.1 Å². The van der Waals surface area contributed by atoms with Gasteiger partial charge in [-0.2, -0.15) is 0 Å². The highest BCUT2D eigenvalue weighted by molar-refractivity contribution is 7.25. The van der Waals surface area contributed by atoms with Crippen LogP contribution in [-0.2, 0) is 6.54 Å². The third-order valence-electron chi connectivity index (χ3n) is 3.91. The normalized spacial score (nSPS) is 11.3. The number of nitrogens with two attached hydrogens (primary N) is 1. The van der Waals surface area contributed by atoms with Crippen molar-refractivity contribution in [1.29, 1.82) is 0 Å². The Kier molecular flexibility index (Phi) is 4.23. The maximum atomic E-state index is 12.7. The van der Waals surface area contributed by atoms with Crippen LogP contribution < -0.4 is 16.2 Å². The molecular formula is C16H19N5O2S. The fourth-order valence-corrected chi connectivity index (χ4v) is 3.80. The minimum absolute atomic E-state index is 0.0678. The van der Waals surface area contributed by atoms with Gasteiger partial charge >= 0.3 is 0 Å². The number of carbonyl (C=O) groups is 1. The minimum atomic E-state index is -0.552. The number of amides is 1. The Labute approximate surface area is 142 Å². The van der Waals surface area contributed by atoms with E-state index in [0.29, 0.717) is 38.2 Å². The summed E-state index contributed by atoms with van der Waals surface area (Å²) in [5.41, 5.74) is 6.96. The minimum Gasteiger partial charge on any atom is -0.376 e. The quantitative estimate of drug-likeness (QED) is 0.763. The molecule has 7 nitrogen and oxygen atoms in total. The summed E-state index contributed by atoms with van der Waals surface area (Å²) in [6.45, 7) is 2.72. The van der Waals surface area contributed by atoms with Crippen molar-refractivity contribution in [2.75, 3.05) is 19.0 Å². The van der Waals surface area contributed by atoms with E-state index in [2.05, 4.69) is 16.9 Å². The highest BCUT2D eigenvalue weighted by Crippen LogP contribution is 2.37. The zero-order chi connectivity index (χ0) is 17.4. The SMILES string of the molecule is CCCCn1cnc2c(sc3ncc(C(N)=O)c(N(C)C)c32)c1=O. The van der Waals surface area contributed by atoms with Gasteiger partial charge in [0.15, 0.2) is 0 Å². The number of primary amides is 1. The first kappa shape index (κ1) is 16.4. The number of carbonyl (C=O) groups excluding carboxylic acids is 1. The van der Waals surface area contributed by atoms with Crippen LogP contribution in [0, 0.1) is 0 Å². The fourth-order valence-electron chi connectivity index (χ4n) is 2.75. The van der Waals surface area contributed by atoms with E-state index in [1.54, 1.807) is 15.8 Å². The molecule has 0 unspecified atom stereocenters. The van der Waals surface area contributed by atoms with Crippen molar-refractivity contribution in [3.05, 3.63) is 28.4 Å². The Hall–Kier alpha value is -2.48. The van der Waals surface area contributed by atoms with Crippen LogP contribution in [0.5, 0.6) is 0 Å². The van der Waals surface area contributed by atoms with E-state index in [4.69, 9.17) is 5.73 Å². The summed E-state index contributed by atoms with van der Waals surface area (Å²) >= 11 is 1.30. The molecule has 0 aliphatic heterocycles. The van der Waals surface area contributed by atoms with E-state index < -0.39 is 5.91 Å². The van der Waals surface area contributed by atoms with Gasteiger partial charge in [-0.05, 0) is 6.42 Å². The maximum Gasteiger partial charge on any atom is 0.271 e. The standard InChI is InChI=1S/C16H19N5O2S/c1-4-5-6-21-8-19-11-10-12(20(2)3)9(14(17)22)7-18-15(10)24-13(11)16(21)23/h7-8H,4-6H2,1-3H3,(H2,17,22). The van der Waals surface area contributed by atoms with Gasteiger partial charge < -0.3 is 10.6 Å². The third kappa shape index (κ3) is 2.52. The van der Waals surface area contributed by atoms with Gasteiger partial charge in [0.1, 0.15) is 9.53 Å². The number of anilines is 1. The number of unbranched alkanes of at least 4 members (excludes halogenated alkanes) is 1. The molecule has 8 heteroatoms. The molecule has 126 valence electrons. The van der Waals surface area contributed by atoms with Gasteiger partial charge in [-0.25, -0.2) is 9.97 Å². The van der Waals surface area contributed by atoms with Gasteiger partial charge in [-0.1, -0.05) is 13.3 Å². The molecular weight excluding hydrogens is 326 g/mol. The Morgan fingerprint density at radius 1 is 1.38 bits per heavy atom. The molecule has 0 radical (unpaired) electrons. The van der Waals surface area contributed by atoms with Gasteiger partial charge in [0, 0.05) is 26.8 Å². The molecule has 3 aromatic rings. The first-order chi connectivity index (χ1) is 11.5. The topological polar surface area (TPSA) is 94.1 Å². The number of aromatic nitrogens is 3. The molecule has 0 atom stereocenters. The third-order valence-corrected chi connectivity index (χ3v) is 4.99. The second-order valence-electron chi connectivity index (χ2n) is 5.84. The van der Waals surface area contributed by atoms with Crippen molar-refractivity contribution < 1.29 is 4.79 Å². The van der Waals surface area contributed by atoms with Gasteiger partial charge in [0.05, 0.1) is 28.5 Å². The molecule has 0 spiro atoms. The largest absolute Gasteiger partial charge is 0.376 e. The van der Waals surface area contributed by atoms with E-state index in [9.17, 15) is 9.59 Å². The number of thiophene rings is 1. The van der Waals surface area contributed by atoms with E-state index >= 15 is 0 Å². The zero-order valence-corrected chi connectivity index (χ0v) is 14.7. The molecule has 0 aliphatic rings. The Balaban J connectivity index is 2.37. The first-order valence-corrected chi connectivity index (χ1v) is 8.55. The van der Waals surface area contributed by atoms with Gasteiger partial charge in [0.2, 0.25) is 0 Å². The number of aryl methyl sites for hydroxylation is 1. The Bertz CT molecular complexity index is 989. The summed E-state index contributed by atoms with van der Waals surface area (Å²) in [6.07, 6.45) is 4.96. The lowest BCUT2D eigenvalue weighted by atomic mass is 10.1. The molecule has 1 amide bonds. The molecule has 24 heavy (non-hydrogen) atoms. The van der Waals surface area contributed by atoms with Crippen molar-refractivity contribution in [2.24, 2.45) is 5.73 Å². The predicted molar refractivity (Wildman–Crippen MR) is 96.9 cm³/mol. The Morgan fingerprint density at radius 2 is 2.12 bits per heavy atom. The van der Waals surface area contributed by atoms with Crippen molar-refractivity contribution >= 4 is 43.4 Å². The van der Waals surface area contributed by atoms with Gasteiger partial charge in [0.25, 0.3) is 11.5 Å². The van der Waals surface area contributed by atoms with Crippen LogP contribution in [0.4, 0.5) is 5.69 Å². The maximum absolute atomic E-state index is 12.7. The summed E-state index contributed by atoms with van der Waals surface area (Å²) in [5.74, 6) is -0.552. The molecule has 0 aromatic carbocycles. The average Bonchev–Trinajstić information content (AvgIpc) is 2.92. The highest BCUT2D eigenvalue weighted by Gasteiger charge is 2.21. The summed E-state index contributed by atoms with van der Waals surface area (Å²) in [7, 11) is 3.65. The van der Waals surface area contributed by atoms with E-state index in [1.165, 1.54) is 17.5 Å². The van der Waals surface area contributed by atoms with Crippen LogP contribution in [0.2, 0.25) is 0 Å². The monoisotopic (exact) mass is 345 g/mol. The molecule has 0 saturated heterocycles. The number of hydrogen-bond acceptors (Lipinski definition) is 6. The van der Waals surface area contributed by atoms with Gasteiger partial charge in [-0.15, -0.1) is 11.3 Å². The number of pyridine rings is 1. The Morgan fingerprint density at radius 3 is 2.75 bits per heavy atom. The average molecular weight is 345 g/mol. The van der Waals surface area contributed by atoms with Crippen molar-refractivity contribution in [1.82, 2.24) is 14.5 Å². The fraction of sp³-hybridized carbons (Fsp3) is 0.375. The van der Waals surface area contributed by atoms with Crippen LogP contribution >= 0.6 is 11.3 Å². The first-order valence-electron chi connectivity index (χ1n) is 7.73. The molecule has 0 saturated carbocycles. The van der Waals surface area contributed by atoms with E-state index in [-0.39, 0.29) is 5.56 Å². The zero-order valence-electron chi connectivity index (χ0n) is 13.9. The number of fused-ring (bicyclic) bond motifs is 3. The van der Waals surface area contributed by atoms with Crippen LogP contribution in [0.15, 0.2) is 17.3 Å². The smallest absolute Gasteiger partial charge is 0.271 e. The summed E-state index contributed by atoms with van der Waals surface area (Å²) < 4.78 is 2.19. The second-order valence-corrected chi connectivity index (χ2v) is 6.83. The van der Waals surface area contributed by atoms with Crippen LogP contribution in [0.3, 0.4) is 0 Å². The van der Waals surface area contributed by atoms with E-state index in [1.807, 2.05) is 14.1 Å². The van der Waals surface area contributed by atoms with Crippen molar-refractivity contribution in [3.63, 3.8) is 0 Å². The molecule has 0 fully saturated rings. The molecule has 0 aliphatic carbocycles. The van der Waals surface area contributed by atoms with Gasteiger partial charge in [-0.3, -0.25) is 14.2 Å². The molecule has 3 aromatic heterocycles. The number of nitrogens with zero attached hydrogens (tertiary/aromatic N) is 4. The van der Waals surface area contributed by atoms with Crippen LogP contribution in [0.25, 0.3) is 20.4 Å². The number of rotatable bonds is 5. The summed E-state index contributed by atoms with van der Waals surface area (Å²) in [5, 5.41) is 0.705. The second kappa shape index (κ2) is 6.20. The van der Waals surface area contributed by atoms with Crippen molar-refractivity contribution in [2.45, 2.75) is 26.3 Å².